The van der Waals surface area contributed by atoms with Gasteiger partial charge in [0.1, 0.15) is 0 Å². The summed E-state index contributed by atoms with van der Waals surface area (Å²) in [4.78, 5) is 4.36. The van der Waals surface area contributed by atoms with Gasteiger partial charge in [0.2, 0.25) is 0 Å². The van der Waals surface area contributed by atoms with Crippen LogP contribution in [0.5, 0.6) is 0 Å². The standard InChI is InChI=1S/C24H30F3N3O4S/c1-35(32,33)20-7-5-17(6-8-20)14-28-21-16-34-22(23(21)31)15-29-9-11-30(12-10-29)19-4-2-3-18(13-19)24(25,26)27/h2-8,13,21-23,28,31H,9-12,14-16H2,1H3. The van der Waals surface area contributed by atoms with Gasteiger partial charge >= 0.3 is 6.18 Å². The molecule has 0 radical (unpaired) electrons. The van der Waals surface area contributed by atoms with E-state index in [0.717, 1.165) is 17.9 Å². The Morgan fingerprint density at radius 3 is 2.40 bits per heavy atom. The maximum atomic E-state index is 13.0. The van der Waals surface area contributed by atoms with Crippen LogP contribution in [0, 0.1) is 0 Å². The van der Waals surface area contributed by atoms with Gasteiger partial charge in [0.25, 0.3) is 0 Å². The second-order valence-electron chi connectivity index (χ2n) is 9.10. The molecule has 2 saturated heterocycles. The van der Waals surface area contributed by atoms with E-state index in [9.17, 15) is 26.7 Å². The van der Waals surface area contributed by atoms with Crippen molar-refractivity contribution in [2.24, 2.45) is 0 Å². The zero-order valence-corrected chi connectivity index (χ0v) is 20.2. The Morgan fingerprint density at radius 2 is 1.77 bits per heavy atom. The van der Waals surface area contributed by atoms with Crippen LogP contribution in [-0.2, 0) is 27.3 Å². The number of aliphatic hydroxyl groups excluding tert-OH is 1. The monoisotopic (exact) mass is 513 g/mol. The van der Waals surface area contributed by atoms with Crippen molar-refractivity contribution in [2.75, 3.05) is 50.5 Å². The first-order chi connectivity index (χ1) is 16.5. The first kappa shape index (κ1) is 25.9. The normalized spacial score (nSPS) is 24.1. The Balaban J connectivity index is 1.24. The summed E-state index contributed by atoms with van der Waals surface area (Å²) in [6.07, 6.45) is -4.26. The number of piperazine rings is 1. The highest BCUT2D eigenvalue weighted by Crippen LogP contribution is 2.32. The minimum Gasteiger partial charge on any atom is -0.389 e. The fourth-order valence-corrected chi connectivity index (χ4v) is 5.08. The Morgan fingerprint density at radius 1 is 1.09 bits per heavy atom. The number of ether oxygens (including phenoxy) is 1. The van der Waals surface area contributed by atoms with Crippen molar-refractivity contribution in [2.45, 2.75) is 35.9 Å². The van der Waals surface area contributed by atoms with Gasteiger partial charge in [0.15, 0.2) is 9.84 Å². The molecule has 2 heterocycles. The Hall–Kier alpha value is -2.18. The number of hydrogen-bond acceptors (Lipinski definition) is 7. The predicted molar refractivity (Wildman–Crippen MR) is 126 cm³/mol. The van der Waals surface area contributed by atoms with Crippen LogP contribution in [0.4, 0.5) is 18.9 Å². The number of hydrogen-bond donors (Lipinski definition) is 2. The fourth-order valence-electron chi connectivity index (χ4n) is 4.45. The Kier molecular flexibility index (Phi) is 7.72. The highest BCUT2D eigenvalue weighted by Gasteiger charge is 2.37. The summed E-state index contributed by atoms with van der Waals surface area (Å²) >= 11 is 0. The largest absolute Gasteiger partial charge is 0.416 e. The lowest BCUT2D eigenvalue weighted by Crippen LogP contribution is -2.51. The quantitative estimate of drug-likeness (QED) is 0.587. The van der Waals surface area contributed by atoms with Crippen LogP contribution >= 0.6 is 0 Å². The molecule has 2 N–H and O–H groups in total. The van der Waals surface area contributed by atoms with Crippen molar-refractivity contribution in [1.29, 1.82) is 0 Å². The number of nitrogens with zero attached hydrogens (tertiary/aromatic N) is 2. The molecule has 4 rings (SSSR count). The maximum Gasteiger partial charge on any atom is 0.416 e. The molecule has 2 fully saturated rings. The van der Waals surface area contributed by atoms with Crippen molar-refractivity contribution < 1.29 is 31.4 Å². The van der Waals surface area contributed by atoms with Gasteiger partial charge in [-0.1, -0.05) is 18.2 Å². The molecule has 0 aliphatic carbocycles. The van der Waals surface area contributed by atoms with Crippen molar-refractivity contribution in [3.63, 3.8) is 0 Å². The number of anilines is 1. The van der Waals surface area contributed by atoms with E-state index in [1.807, 2.05) is 4.90 Å². The summed E-state index contributed by atoms with van der Waals surface area (Å²) in [6.45, 7) is 3.87. The van der Waals surface area contributed by atoms with Crippen LogP contribution in [0.2, 0.25) is 0 Å². The van der Waals surface area contributed by atoms with Crippen molar-refractivity contribution in [3.8, 4) is 0 Å². The molecule has 3 unspecified atom stereocenters. The second-order valence-corrected chi connectivity index (χ2v) is 11.1. The molecule has 0 bridgehead atoms. The molecule has 3 atom stereocenters. The van der Waals surface area contributed by atoms with E-state index in [1.54, 1.807) is 30.3 Å². The van der Waals surface area contributed by atoms with E-state index in [1.165, 1.54) is 12.1 Å². The number of sulfone groups is 1. The zero-order chi connectivity index (χ0) is 25.2. The highest BCUT2D eigenvalue weighted by molar-refractivity contribution is 7.90. The van der Waals surface area contributed by atoms with Crippen molar-refractivity contribution in [3.05, 3.63) is 59.7 Å². The third kappa shape index (κ3) is 6.53. The molecule has 2 aliphatic rings. The van der Waals surface area contributed by atoms with Crippen LogP contribution in [-0.4, -0.2) is 82.3 Å². The van der Waals surface area contributed by atoms with Gasteiger partial charge in [-0.05, 0) is 35.9 Å². The smallest absolute Gasteiger partial charge is 0.389 e. The van der Waals surface area contributed by atoms with Gasteiger partial charge in [0.05, 0.1) is 35.3 Å². The van der Waals surface area contributed by atoms with Crippen molar-refractivity contribution in [1.82, 2.24) is 10.2 Å². The lowest BCUT2D eigenvalue weighted by molar-refractivity contribution is -0.137. The van der Waals surface area contributed by atoms with Crippen LogP contribution < -0.4 is 10.2 Å². The molecule has 0 spiro atoms. The number of benzene rings is 2. The second kappa shape index (κ2) is 10.4. The number of alkyl halides is 3. The first-order valence-electron chi connectivity index (χ1n) is 11.5. The summed E-state index contributed by atoms with van der Waals surface area (Å²) in [5, 5.41) is 14.0. The molecule has 0 amide bonds. The summed E-state index contributed by atoms with van der Waals surface area (Å²) in [5.41, 5.74) is 0.814. The summed E-state index contributed by atoms with van der Waals surface area (Å²) in [7, 11) is -3.24. The third-order valence-corrected chi connectivity index (χ3v) is 7.68. The topological polar surface area (TPSA) is 82.1 Å². The molecule has 192 valence electrons. The lowest BCUT2D eigenvalue weighted by atomic mass is 10.1. The third-order valence-electron chi connectivity index (χ3n) is 6.55. The van der Waals surface area contributed by atoms with E-state index >= 15 is 0 Å². The first-order valence-corrected chi connectivity index (χ1v) is 13.4. The van der Waals surface area contributed by atoms with Gasteiger partial charge in [-0.25, -0.2) is 8.42 Å². The molecular weight excluding hydrogens is 483 g/mol. The molecule has 35 heavy (non-hydrogen) atoms. The minimum atomic E-state index is -4.36. The van der Waals surface area contributed by atoms with E-state index in [2.05, 4.69) is 10.2 Å². The highest BCUT2D eigenvalue weighted by atomic mass is 32.2. The molecule has 2 aromatic carbocycles. The Bertz CT molecular complexity index is 1100. The molecule has 0 saturated carbocycles. The van der Waals surface area contributed by atoms with Crippen LogP contribution in [0.1, 0.15) is 11.1 Å². The van der Waals surface area contributed by atoms with Crippen LogP contribution in [0.25, 0.3) is 0 Å². The number of halogens is 3. The average molecular weight is 514 g/mol. The molecule has 0 aromatic heterocycles. The van der Waals surface area contributed by atoms with E-state index in [-0.39, 0.29) is 17.0 Å². The maximum absolute atomic E-state index is 13.0. The average Bonchev–Trinajstić information content (AvgIpc) is 3.16. The molecule has 7 nitrogen and oxygen atoms in total. The fraction of sp³-hybridized carbons (Fsp3) is 0.500. The molecule has 2 aliphatic heterocycles. The molecule has 11 heteroatoms. The molecular formula is C24H30F3N3O4S. The van der Waals surface area contributed by atoms with Crippen LogP contribution in [0.15, 0.2) is 53.4 Å². The Labute approximate surface area is 203 Å². The summed E-state index contributed by atoms with van der Waals surface area (Å²) < 4.78 is 68.0. The number of nitrogens with one attached hydrogen (secondary N) is 1. The van der Waals surface area contributed by atoms with Crippen LogP contribution in [0.3, 0.4) is 0 Å². The lowest BCUT2D eigenvalue weighted by Gasteiger charge is -2.37. The van der Waals surface area contributed by atoms with Crippen molar-refractivity contribution >= 4 is 15.5 Å². The van der Waals surface area contributed by atoms with Gasteiger partial charge in [0, 0.05) is 51.2 Å². The summed E-state index contributed by atoms with van der Waals surface area (Å²) in [5.74, 6) is 0. The summed E-state index contributed by atoms with van der Waals surface area (Å²) in [6, 6.07) is 11.8. The van der Waals surface area contributed by atoms with Gasteiger partial charge < -0.3 is 20.1 Å². The van der Waals surface area contributed by atoms with Gasteiger partial charge in [-0.2, -0.15) is 13.2 Å². The SMILES string of the molecule is CS(=O)(=O)c1ccc(CNC2COC(CN3CCN(c4cccc(C(F)(F)F)c4)CC3)C2O)cc1. The minimum absolute atomic E-state index is 0.249. The number of aliphatic hydroxyl groups is 1. The zero-order valence-electron chi connectivity index (χ0n) is 19.4. The van der Waals surface area contributed by atoms with E-state index in [4.69, 9.17) is 4.74 Å². The van der Waals surface area contributed by atoms with E-state index < -0.39 is 27.7 Å². The van der Waals surface area contributed by atoms with E-state index in [0.29, 0.717) is 51.6 Å². The number of rotatable bonds is 7. The predicted octanol–water partition coefficient (Wildman–Crippen LogP) is 2.15. The molecule has 2 aromatic rings. The van der Waals surface area contributed by atoms with Gasteiger partial charge in [-0.3, -0.25) is 4.90 Å². The van der Waals surface area contributed by atoms with Gasteiger partial charge in [-0.15, -0.1) is 0 Å².